The SMILES string of the molecule is COc1ccc(C(CNC(=O)CN2CCCCC2=O)N2CCCC2)cc1. The second-order valence-corrected chi connectivity index (χ2v) is 7.11. The molecule has 0 radical (unpaired) electrons. The van der Waals surface area contributed by atoms with Gasteiger partial charge in [0, 0.05) is 19.5 Å². The van der Waals surface area contributed by atoms with Crippen molar-refractivity contribution in [1.29, 1.82) is 0 Å². The minimum absolute atomic E-state index is 0.0713. The molecule has 1 aromatic carbocycles. The molecular weight excluding hydrogens is 330 g/mol. The maximum absolute atomic E-state index is 12.4. The molecule has 2 heterocycles. The zero-order chi connectivity index (χ0) is 18.4. The number of hydrogen-bond donors (Lipinski definition) is 1. The van der Waals surface area contributed by atoms with Gasteiger partial charge in [-0.2, -0.15) is 0 Å². The zero-order valence-electron chi connectivity index (χ0n) is 15.6. The van der Waals surface area contributed by atoms with Gasteiger partial charge in [-0.05, 0) is 56.5 Å². The van der Waals surface area contributed by atoms with Gasteiger partial charge in [-0.15, -0.1) is 0 Å². The Hall–Kier alpha value is -2.08. The lowest BCUT2D eigenvalue weighted by Crippen LogP contribution is -2.45. The van der Waals surface area contributed by atoms with Gasteiger partial charge in [-0.1, -0.05) is 12.1 Å². The van der Waals surface area contributed by atoms with Gasteiger partial charge < -0.3 is 15.0 Å². The average Bonchev–Trinajstić information content (AvgIpc) is 3.19. The molecule has 3 rings (SSSR count). The molecule has 2 saturated heterocycles. The lowest BCUT2D eigenvalue weighted by molar-refractivity contribution is -0.137. The summed E-state index contributed by atoms with van der Waals surface area (Å²) in [6.07, 6.45) is 4.88. The van der Waals surface area contributed by atoms with Crippen LogP contribution in [-0.2, 0) is 9.59 Å². The van der Waals surface area contributed by atoms with Crippen molar-refractivity contribution in [3.8, 4) is 5.75 Å². The normalized spacial score (nSPS) is 19.4. The molecule has 1 unspecified atom stereocenters. The summed E-state index contributed by atoms with van der Waals surface area (Å²) in [5, 5.41) is 3.05. The summed E-state index contributed by atoms with van der Waals surface area (Å²) in [7, 11) is 1.66. The Morgan fingerprint density at radius 1 is 1.12 bits per heavy atom. The first-order chi connectivity index (χ1) is 12.7. The first-order valence-corrected chi connectivity index (χ1v) is 9.60. The monoisotopic (exact) mass is 359 g/mol. The highest BCUT2D eigenvalue weighted by Gasteiger charge is 2.25. The summed E-state index contributed by atoms with van der Waals surface area (Å²) in [4.78, 5) is 28.4. The number of nitrogens with one attached hydrogen (secondary N) is 1. The van der Waals surface area contributed by atoms with E-state index in [0.717, 1.165) is 31.7 Å². The number of carbonyl (C=O) groups excluding carboxylic acids is 2. The number of methoxy groups -OCH3 is 1. The number of hydrogen-bond acceptors (Lipinski definition) is 4. The Kier molecular flexibility index (Phi) is 6.50. The molecule has 26 heavy (non-hydrogen) atoms. The molecule has 6 nitrogen and oxygen atoms in total. The van der Waals surface area contributed by atoms with Crippen molar-refractivity contribution >= 4 is 11.8 Å². The van der Waals surface area contributed by atoms with Crippen LogP contribution in [0.5, 0.6) is 5.75 Å². The fourth-order valence-electron chi connectivity index (χ4n) is 3.81. The standard InChI is InChI=1S/C20H29N3O3/c1-26-17-9-7-16(8-10-17)18(22-11-4-5-12-22)14-21-19(24)15-23-13-3-2-6-20(23)25/h7-10,18H,2-6,11-15H2,1H3,(H,21,24). The van der Waals surface area contributed by atoms with E-state index in [-0.39, 0.29) is 24.4 Å². The summed E-state index contributed by atoms with van der Waals surface area (Å²) < 4.78 is 5.25. The van der Waals surface area contributed by atoms with Crippen molar-refractivity contribution < 1.29 is 14.3 Å². The van der Waals surface area contributed by atoms with E-state index in [1.807, 2.05) is 12.1 Å². The molecule has 0 bridgehead atoms. The van der Waals surface area contributed by atoms with E-state index in [2.05, 4.69) is 22.3 Å². The van der Waals surface area contributed by atoms with Crippen molar-refractivity contribution in [3.05, 3.63) is 29.8 Å². The number of amides is 2. The number of carbonyl (C=O) groups is 2. The fourth-order valence-corrected chi connectivity index (χ4v) is 3.81. The predicted octanol–water partition coefficient (Wildman–Crippen LogP) is 1.96. The summed E-state index contributed by atoms with van der Waals surface area (Å²) >= 11 is 0. The molecule has 6 heteroatoms. The third kappa shape index (κ3) is 4.75. The second-order valence-electron chi connectivity index (χ2n) is 7.11. The van der Waals surface area contributed by atoms with E-state index in [4.69, 9.17) is 4.74 Å². The van der Waals surface area contributed by atoms with Gasteiger partial charge >= 0.3 is 0 Å². The molecule has 1 atom stereocenters. The number of ether oxygens (including phenoxy) is 1. The van der Waals surface area contributed by atoms with Crippen molar-refractivity contribution in [2.24, 2.45) is 0 Å². The molecule has 0 aliphatic carbocycles. The molecule has 0 aromatic heterocycles. The maximum atomic E-state index is 12.4. The maximum Gasteiger partial charge on any atom is 0.239 e. The van der Waals surface area contributed by atoms with E-state index in [1.165, 1.54) is 18.4 Å². The van der Waals surface area contributed by atoms with Crippen LogP contribution in [-0.4, -0.2) is 61.4 Å². The quantitative estimate of drug-likeness (QED) is 0.808. The molecule has 1 aromatic rings. The van der Waals surface area contributed by atoms with Gasteiger partial charge in [-0.25, -0.2) is 0 Å². The van der Waals surface area contributed by atoms with Crippen LogP contribution in [0.15, 0.2) is 24.3 Å². The van der Waals surface area contributed by atoms with Gasteiger partial charge in [-0.3, -0.25) is 14.5 Å². The Morgan fingerprint density at radius 3 is 2.46 bits per heavy atom. The van der Waals surface area contributed by atoms with E-state index in [9.17, 15) is 9.59 Å². The Morgan fingerprint density at radius 2 is 1.81 bits per heavy atom. The van der Waals surface area contributed by atoms with Crippen LogP contribution < -0.4 is 10.1 Å². The molecule has 2 amide bonds. The van der Waals surface area contributed by atoms with Gasteiger partial charge in [0.05, 0.1) is 19.7 Å². The molecule has 1 N–H and O–H groups in total. The smallest absolute Gasteiger partial charge is 0.239 e. The molecule has 2 aliphatic rings. The fraction of sp³-hybridized carbons (Fsp3) is 0.600. The van der Waals surface area contributed by atoms with Crippen LogP contribution >= 0.6 is 0 Å². The molecule has 0 spiro atoms. The molecule has 2 fully saturated rings. The number of nitrogens with zero attached hydrogens (tertiary/aromatic N) is 2. The van der Waals surface area contributed by atoms with Crippen LogP contribution in [0.4, 0.5) is 0 Å². The summed E-state index contributed by atoms with van der Waals surface area (Å²) in [5.74, 6) is 0.858. The first-order valence-electron chi connectivity index (χ1n) is 9.60. The van der Waals surface area contributed by atoms with Crippen LogP contribution in [0.2, 0.25) is 0 Å². The lowest BCUT2D eigenvalue weighted by atomic mass is 10.1. The molecule has 0 saturated carbocycles. The van der Waals surface area contributed by atoms with Crippen LogP contribution in [0, 0.1) is 0 Å². The molecule has 142 valence electrons. The van der Waals surface area contributed by atoms with Crippen LogP contribution in [0.1, 0.15) is 43.7 Å². The molecular formula is C20H29N3O3. The predicted molar refractivity (Wildman–Crippen MR) is 100.0 cm³/mol. The number of benzene rings is 1. The lowest BCUT2D eigenvalue weighted by Gasteiger charge is -2.29. The van der Waals surface area contributed by atoms with Gasteiger partial charge in [0.2, 0.25) is 11.8 Å². The van der Waals surface area contributed by atoms with Crippen LogP contribution in [0.3, 0.4) is 0 Å². The Bertz CT molecular complexity index is 611. The third-order valence-corrected chi connectivity index (χ3v) is 5.33. The largest absolute Gasteiger partial charge is 0.497 e. The second kappa shape index (κ2) is 9.03. The summed E-state index contributed by atoms with van der Waals surface area (Å²) in [5.41, 5.74) is 1.18. The van der Waals surface area contributed by atoms with Crippen molar-refractivity contribution in [3.63, 3.8) is 0 Å². The number of rotatable bonds is 7. The molecule has 2 aliphatic heterocycles. The topological polar surface area (TPSA) is 61.9 Å². The van der Waals surface area contributed by atoms with E-state index in [0.29, 0.717) is 19.5 Å². The third-order valence-electron chi connectivity index (χ3n) is 5.33. The number of piperidine rings is 1. The Balaban J connectivity index is 1.60. The Labute approximate surface area is 155 Å². The van der Waals surface area contributed by atoms with Gasteiger partial charge in [0.1, 0.15) is 5.75 Å². The van der Waals surface area contributed by atoms with E-state index >= 15 is 0 Å². The van der Waals surface area contributed by atoms with Crippen molar-refractivity contribution in [2.75, 3.05) is 39.8 Å². The van der Waals surface area contributed by atoms with Crippen LogP contribution in [0.25, 0.3) is 0 Å². The van der Waals surface area contributed by atoms with E-state index < -0.39 is 0 Å². The van der Waals surface area contributed by atoms with Gasteiger partial charge in [0.15, 0.2) is 0 Å². The average molecular weight is 359 g/mol. The minimum atomic E-state index is -0.0713. The summed E-state index contributed by atoms with van der Waals surface area (Å²) in [6.45, 7) is 3.54. The van der Waals surface area contributed by atoms with Gasteiger partial charge in [0.25, 0.3) is 0 Å². The zero-order valence-corrected chi connectivity index (χ0v) is 15.6. The highest BCUT2D eigenvalue weighted by molar-refractivity contribution is 5.85. The summed E-state index contributed by atoms with van der Waals surface area (Å²) in [6, 6.07) is 8.23. The highest BCUT2D eigenvalue weighted by Crippen LogP contribution is 2.26. The number of likely N-dealkylation sites (tertiary alicyclic amines) is 2. The minimum Gasteiger partial charge on any atom is -0.497 e. The van der Waals surface area contributed by atoms with E-state index in [1.54, 1.807) is 12.0 Å². The van der Waals surface area contributed by atoms with Crippen molar-refractivity contribution in [1.82, 2.24) is 15.1 Å². The first kappa shape index (κ1) is 18.7. The highest BCUT2D eigenvalue weighted by atomic mass is 16.5. The van der Waals surface area contributed by atoms with Crippen molar-refractivity contribution in [2.45, 2.75) is 38.1 Å².